The topological polar surface area (TPSA) is 71.9 Å². The minimum absolute atomic E-state index is 0.0177. The van der Waals surface area contributed by atoms with Crippen LogP contribution in [0.25, 0.3) is 0 Å². The van der Waals surface area contributed by atoms with Gasteiger partial charge < -0.3 is 19.8 Å². The SMILES string of the molecule is CCOc1ccc(CN2CCN(C(=O)c3coc(CN)c3)CC2)cc1. The highest BCUT2D eigenvalue weighted by atomic mass is 16.5. The van der Waals surface area contributed by atoms with Gasteiger partial charge in [0.05, 0.1) is 18.7 Å². The van der Waals surface area contributed by atoms with Gasteiger partial charge in [-0.15, -0.1) is 0 Å². The second-order valence-electron chi connectivity index (χ2n) is 6.15. The molecule has 1 amide bonds. The van der Waals surface area contributed by atoms with Crippen LogP contribution in [-0.4, -0.2) is 48.5 Å². The molecule has 1 aromatic heterocycles. The van der Waals surface area contributed by atoms with Crippen molar-refractivity contribution in [2.45, 2.75) is 20.0 Å². The summed E-state index contributed by atoms with van der Waals surface area (Å²) in [7, 11) is 0. The smallest absolute Gasteiger partial charge is 0.257 e. The lowest BCUT2D eigenvalue weighted by atomic mass is 10.2. The average molecular weight is 343 g/mol. The summed E-state index contributed by atoms with van der Waals surface area (Å²) in [6.07, 6.45) is 1.50. The van der Waals surface area contributed by atoms with Crippen molar-refractivity contribution in [2.75, 3.05) is 32.8 Å². The Kier molecular flexibility index (Phi) is 5.73. The molecule has 2 N–H and O–H groups in total. The summed E-state index contributed by atoms with van der Waals surface area (Å²) < 4.78 is 10.7. The van der Waals surface area contributed by atoms with Gasteiger partial charge in [-0.1, -0.05) is 12.1 Å². The second kappa shape index (κ2) is 8.18. The highest BCUT2D eigenvalue weighted by molar-refractivity contribution is 5.94. The van der Waals surface area contributed by atoms with Crippen molar-refractivity contribution in [2.24, 2.45) is 5.73 Å². The molecule has 1 aliphatic heterocycles. The van der Waals surface area contributed by atoms with Crippen molar-refractivity contribution in [3.63, 3.8) is 0 Å². The van der Waals surface area contributed by atoms with Gasteiger partial charge >= 0.3 is 0 Å². The van der Waals surface area contributed by atoms with Gasteiger partial charge in [0, 0.05) is 32.7 Å². The van der Waals surface area contributed by atoms with E-state index in [1.54, 1.807) is 6.07 Å². The molecular formula is C19H25N3O3. The van der Waals surface area contributed by atoms with Gasteiger partial charge in [0.15, 0.2) is 0 Å². The van der Waals surface area contributed by atoms with E-state index >= 15 is 0 Å². The normalized spacial score (nSPS) is 15.4. The standard InChI is InChI=1S/C19H25N3O3/c1-2-24-17-5-3-15(4-6-17)13-21-7-9-22(10-8-21)19(23)16-11-18(12-20)25-14-16/h3-6,11,14H,2,7-10,12-13,20H2,1H3. The lowest BCUT2D eigenvalue weighted by Crippen LogP contribution is -2.48. The predicted molar refractivity (Wildman–Crippen MR) is 95.4 cm³/mol. The van der Waals surface area contributed by atoms with E-state index in [9.17, 15) is 4.79 Å². The van der Waals surface area contributed by atoms with Crippen molar-refractivity contribution in [1.82, 2.24) is 9.80 Å². The summed E-state index contributed by atoms with van der Waals surface area (Å²) in [5.41, 5.74) is 7.37. The van der Waals surface area contributed by atoms with Crippen molar-refractivity contribution >= 4 is 5.91 Å². The third-order valence-electron chi connectivity index (χ3n) is 4.40. The Bertz CT molecular complexity index is 688. The quantitative estimate of drug-likeness (QED) is 0.870. The third-order valence-corrected chi connectivity index (χ3v) is 4.40. The molecule has 6 heteroatoms. The number of furan rings is 1. The van der Waals surface area contributed by atoms with Crippen molar-refractivity contribution in [3.8, 4) is 5.75 Å². The predicted octanol–water partition coefficient (Wildman–Crippen LogP) is 2.09. The molecule has 0 bridgehead atoms. The summed E-state index contributed by atoms with van der Waals surface area (Å²) >= 11 is 0. The number of carbonyl (C=O) groups is 1. The van der Waals surface area contributed by atoms with Gasteiger partial charge in [-0.2, -0.15) is 0 Å². The number of rotatable bonds is 6. The maximum absolute atomic E-state index is 12.5. The molecule has 1 fully saturated rings. The van der Waals surface area contributed by atoms with Crippen LogP contribution in [0.4, 0.5) is 0 Å². The average Bonchev–Trinajstić information content (AvgIpc) is 3.13. The molecule has 0 aliphatic carbocycles. The van der Waals surface area contributed by atoms with Crippen molar-refractivity contribution in [3.05, 3.63) is 53.5 Å². The van der Waals surface area contributed by atoms with Crippen LogP contribution in [0.3, 0.4) is 0 Å². The summed E-state index contributed by atoms with van der Waals surface area (Å²) in [4.78, 5) is 16.7. The Labute approximate surface area is 148 Å². The van der Waals surface area contributed by atoms with Gasteiger partial charge in [-0.25, -0.2) is 0 Å². The van der Waals surface area contributed by atoms with E-state index in [0.29, 0.717) is 24.5 Å². The first-order chi connectivity index (χ1) is 12.2. The molecule has 1 aliphatic rings. The van der Waals surface area contributed by atoms with Gasteiger partial charge in [-0.05, 0) is 30.7 Å². The molecule has 2 heterocycles. The number of benzene rings is 1. The molecule has 0 saturated carbocycles. The van der Waals surface area contributed by atoms with E-state index in [0.717, 1.165) is 38.5 Å². The first-order valence-corrected chi connectivity index (χ1v) is 8.70. The molecule has 1 aromatic carbocycles. The van der Waals surface area contributed by atoms with E-state index < -0.39 is 0 Å². The fourth-order valence-corrected chi connectivity index (χ4v) is 3.01. The zero-order valence-electron chi connectivity index (χ0n) is 14.6. The largest absolute Gasteiger partial charge is 0.494 e. The first-order valence-electron chi connectivity index (χ1n) is 8.70. The van der Waals surface area contributed by atoms with Crippen LogP contribution in [0.1, 0.15) is 28.6 Å². The van der Waals surface area contributed by atoms with E-state index in [2.05, 4.69) is 17.0 Å². The van der Waals surface area contributed by atoms with Gasteiger partial charge in [-0.3, -0.25) is 9.69 Å². The highest BCUT2D eigenvalue weighted by Gasteiger charge is 2.23. The minimum Gasteiger partial charge on any atom is -0.494 e. The van der Waals surface area contributed by atoms with Crippen LogP contribution >= 0.6 is 0 Å². The van der Waals surface area contributed by atoms with Gasteiger partial charge in [0.25, 0.3) is 5.91 Å². The van der Waals surface area contributed by atoms with Gasteiger partial charge in [0.2, 0.25) is 0 Å². The lowest BCUT2D eigenvalue weighted by molar-refractivity contribution is 0.0627. The number of hydrogen-bond donors (Lipinski definition) is 1. The van der Waals surface area contributed by atoms with E-state index in [1.165, 1.54) is 11.8 Å². The summed E-state index contributed by atoms with van der Waals surface area (Å²) in [5.74, 6) is 1.56. The number of ether oxygens (including phenoxy) is 1. The summed E-state index contributed by atoms with van der Waals surface area (Å²) in [5, 5.41) is 0. The zero-order chi connectivity index (χ0) is 17.6. The second-order valence-corrected chi connectivity index (χ2v) is 6.15. The lowest BCUT2D eigenvalue weighted by Gasteiger charge is -2.34. The molecule has 0 unspecified atom stereocenters. The van der Waals surface area contributed by atoms with E-state index in [4.69, 9.17) is 14.9 Å². The maximum atomic E-state index is 12.5. The molecule has 6 nitrogen and oxygen atoms in total. The maximum Gasteiger partial charge on any atom is 0.257 e. The molecule has 0 radical (unpaired) electrons. The number of nitrogens with two attached hydrogens (primary N) is 1. The minimum atomic E-state index is 0.0177. The van der Waals surface area contributed by atoms with E-state index in [1.807, 2.05) is 24.0 Å². The molecule has 2 aromatic rings. The van der Waals surface area contributed by atoms with Crippen molar-refractivity contribution in [1.29, 1.82) is 0 Å². The fourth-order valence-electron chi connectivity index (χ4n) is 3.01. The Morgan fingerprint density at radius 2 is 1.92 bits per heavy atom. The van der Waals surface area contributed by atoms with Crippen LogP contribution in [0.5, 0.6) is 5.75 Å². The van der Waals surface area contributed by atoms with Crippen molar-refractivity contribution < 1.29 is 13.9 Å². The Morgan fingerprint density at radius 3 is 2.52 bits per heavy atom. The molecule has 0 spiro atoms. The highest BCUT2D eigenvalue weighted by Crippen LogP contribution is 2.16. The molecule has 134 valence electrons. The van der Waals surface area contributed by atoms with Crippen LogP contribution < -0.4 is 10.5 Å². The Morgan fingerprint density at radius 1 is 1.20 bits per heavy atom. The molecule has 25 heavy (non-hydrogen) atoms. The number of piperazine rings is 1. The van der Waals surface area contributed by atoms with E-state index in [-0.39, 0.29) is 5.91 Å². The number of hydrogen-bond acceptors (Lipinski definition) is 5. The fraction of sp³-hybridized carbons (Fsp3) is 0.421. The van der Waals surface area contributed by atoms with Crippen LogP contribution in [-0.2, 0) is 13.1 Å². The molecule has 0 atom stereocenters. The number of amides is 1. The Balaban J connectivity index is 1.50. The van der Waals surface area contributed by atoms with Gasteiger partial charge in [0.1, 0.15) is 17.8 Å². The molecule has 3 rings (SSSR count). The van der Waals surface area contributed by atoms with Crippen LogP contribution in [0, 0.1) is 0 Å². The first kappa shape index (κ1) is 17.5. The van der Waals surface area contributed by atoms with Crippen LogP contribution in [0.15, 0.2) is 41.0 Å². The Hall–Kier alpha value is -2.31. The summed E-state index contributed by atoms with van der Waals surface area (Å²) in [6, 6.07) is 9.94. The number of carbonyl (C=O) groups excluding carboxylic acids is 1. The van der Waals surface area contributed by atoms with Crippen LogP contribution in [0.2, 0.25) is 0 Å². The monoisotopic (exact) mass is 343 g/mol. The summed E-state index contributed by atoms with van der Waals surface area (Å²) in [6.45, 7) is 7.02. The zero-order valence-corrected chi connectivity index (χ0v) is 14.6. The molecular weight excluding hydrogens is 318 g/mol. The third kappa shape index (κ3) is 4.41. The molecule has 1 saturated heterocycles. The number of nitrogens with zero attached hydrogens (tertiary/aromatic N) is 2.